The van der Waals surface area contributed by atoms with Gasteiger partial charge >= 0.3 is 0 Å². The molecule has 0 heterocycles. The van der Waals surface area contributed by atoms with E-state index in [1.807, 2.05) is 78.9 Å². The van der Waals surface area contributed by atoms with E-state index < -0.39 is 0 Å². The monoisotopic (exact) mass is 471 g/mol. The molecule has 0 radical (unpaired) electrons. The first kappa shape index (κ1) is 20.9. The van der Waals surface area contributed by atoms with Gasteiger partial charge in [-0.3, -0.25) is 4.79 Å². The highest BCUT2D eigenvalue weighted by atomic mass is 79.9. The van der Waals surface area contributed by atoms with E-state index in [9.17, 15) is 4.79 Å². The molecule has 4 aromatic carbocycles. The number of hydrogen-bond acceptors (Lipinski definition) is 2. The fourth-order valence-electron chi connectivity index (χ4n) is 3.55. The summed E-state index contributed by atoms with van der Waals surface area (Å²) < 4.78 is 6.07. The molecule has 0 aromatic heterocycles. The molecule has 0 aliphatic heterocycles. The Bertz CT molecular complexity index is 1170. The lowest BCUT2D eigenvalue weighted by Gasteiger charge is -2.25. The van der Waals surface area contributed by atoms with Crippen LogP contribution in [0.5, 0.6) is 5.75 Å². The number of methoxy groups -OCH3 is 1. The van der Waals surface area contributed by atoms with E-state index in [2.05, 4.69) is 40.2 Å². The van der Waals surface area contributed by atoms with Gasteiger partial charge in [-0.2, -0.15) is 0 Å². The van der Waals surface area contributed by atoms with Crippen molar-refractivity contribution in [3.05, 3.63) is 119 Å². The van der Waals surface area contributed by atoms with Crippen LogP contribution < -0.4 is 9.64 Å². The van der Waals surface area contributed by atoms with E-state index in [4.69, 9.17) is 4.74 Å². The number of benzene rings is 4. The van der Waals surface area contributed by atoms with E-state index in [1.54, 1.807) is 12.0 Å². The maximum Gasteiger partial charge on any atom is 0.259 e. The van der Waals surface area contributed by atoms with Crippen LogP contribution in [-0.4, -0.2) is 13.0 Å². The largest absolute Gasteiger partial charge is 0.497 e. The average molecular weight is 472 g/mol. The molecule has 154 valence electrons. The lowest BCUT2D eigenvalue weighted by molar-refractivity contribution is 0.0984. The van der Waals surface area contributed by atoms with E-state index in [0.29, 0.717) is 12.1 Å². The number of halogens is 1. The smallest absolute Gasteiger partial charge is 0.259 e. The first-order valence-electron chi connectivity index (χ1n) is 10.0. The summed E-state index contributed by atoms with van der Waals surface area (Å²) in [6, 6.07) is 33.5. The minimum Gasteiger partial charge on any atom is -0.497 e. The summed E-state index contributed by atoms with van der Waals surface area (Å²) >= 11 is 3.53. The molecule has 0 N–H and O–H groups in total. The van der Waals surface area contributed by atoms with Gasteiger partial charge < -0.3 is 9.64 Å². The van der Waals surface area contributed by atoms with Gasteiger partial charge in [-0.25, -0.2) is 0 Å². The van der Waals surface area contributed by atoms with Gasteiger partial charge in [-0.15, -0.1) is 0 Å². The number of carbonyl (C=O) groups excluding carboxylic acids is 1. The van der Waals surface area contributed by atoms with Crippen molar-refractivity contribution in [1.82, 2.24) is 0 Å². The van der Waals surface area contributed by atoms with Gasteiger partial charge in [0.2, 0.25) is 0 Å². The topological polar surface area (TPSA) is 29.5 Å². The zero-order valence-corrected chi connectivity index (χ0v) is 18.7. The van der Waals surface area contributed by atoms with Crippen molar-refractivity contribution in [3.63, 3.8) is 0 Å². The van der Waals surface area contributed by atoms with Crippen molar-refractivity contribution in [3.8, 4) is 16.9 Å². The van der Waals surface area contributed by atoms with Gasteiger partial charge in [-0.05, 0) is 69.0 Å². The predicted molar refractivity (Wildman–Crippen MR) is 130 cm³/mol. The van der Waals surface area contributed by atoms with Crippen LogP contribution >= 0.6 is 15.9 Å². The minimum atomic E-state index is -0.0690. The average Bonchev–Trinajstić information content (AvgIpc) is 2.83. The van der Waals surface area contributed by atoms with Crippen molar-refractivity contribution in [1.29, 1.82) is 0 Å². The highest BCUT2D eigenvalue weighted by molar-refractivity contribution is 9.10. The molecule has 4 aromatic rings. The summed E-state index contributed by atoms with van der Waals surface area (Å²) in [5, 5.41) is 0. The first-order valence-corrected chi connectivity index (χ1v) is 10.8. The van der Waals surface area contributed by atoms with Gasteiger partial charge in [0.15, 0.2) is 0 Å². The molecule has 0 aliphatic rings. The number of hydrogen-bond donors (Lipinski definition) is 0. The molecular weight excluding hydrogens is 450 g/mol. The summed E-state index contributed by atoms with van der Waals surface area (Å²) in [7, 11) is 1.63. The molecule has 4 heteroatoms. The molecule has 0 fully saturated rings. The van der Waals surface area contributed by atoms with Crippen LogP contribution in [0.4, 0.5) is 5.69 Å². The van der Waals surface area contributed by atoms with Gasteiger partial charge in [-0.1, -0.05) is 66.7 Å². The Morgan fingerprint density at radius 1 is 0.806 bits per heavy atom. The molecule has 0 unspecified atom stereocenters. The van der Waals surface area contributed by atoms with Crippen molar-refractivity contribution in [2.24, 2.45) is 0 Å². The van der Waals surface area contributed by atoms with Crippen LogP contribution in [0.2, 0.25) is 0 Å². The Morgan fingerprint density at radius 3 is 2.16 bits per heavy atom. The standard InChI is InChI=1S/C27H22BrNO2/c1-31-23-17-15-22(16-18-23)29(27(30)25-13-7-8-14-26(25)28)19-21-11-5-6-12-24(21)20-9-3-2-4-10-20/h2-18H,19H2,1H3. The molecule has 31 heavy (non-hydrogen) atoms. The summed E-state index contributed by atoms with van der Waals surface area (Å²) in [6.07, 6.45) is 0. The van der Waals surface area contributed by atoms with Crippen LogP contribution in [0.25, 0.3) is 11.1 Å². The second-order valence-corrected chi connectivity index (χ2v) is 7.95. The highest BCUT2D eigenvalue weighted by Gasteiger charge is 2.21. The Labute approximate surface area is 191 Å². The fourth-order valence-corrected chi connectivity index (χ4v) is 4.00. The molecule has 0 aliphatic carbocycles. The minimum absolute atomic E-state index is 0.0690. The summed E-state index contributed by atoms with van der Waals surface area (Å²) in [4.78, 5) is 15.4. The van der Waals surface area contributed by atoms with Gasteiger partial charge in [0.05, 0.1) is 19.2 Å². The van der Waals surface area contributed by atoms with Crippen LogP contribution in [0.1, 0.15) is 15.9 Å². The van der Waals surface area contributed by atoms with Crippen LogP contribution in [-0.2, 0) is 6.54 Å². The van der Waals surface area contributed by atoms with Crippen molar-refractivity contribution in [2.45, 2.75) is 6.54 Å². The third kappa shape index (κ3) is 4.70. The second kappa shape index (κ2) is 9.63. The van der Waals surface area contributed by atoms with Crippen molar-refractivity contribution < 1.29 is 9.53 Å². The van der Waals surface area contributed by atoms with Gasteiger partial charge in [0.25, 0.3) is 5.91 Å². The zero-order chi connectivity index (χ0) is 21.6. The molecule has 1 amide bonds. The Hall–Kier alpha value is -3.37. The lowest BCUT2D eigenvalue weighted by Crippen LogP contribution is -2.31. The maximum absolute atomic E-state index is 13.6. The summed E-state index contributed by atoms with van der Waals surface area (Å²) in [6.45, 7) is 0.442. The van der Waals surface area contributed by atoms with Crippen LogP contribution in [0.3, 0.4) is 0 Å². The van der Waals surface area contributed by atoms with Gasteiger partial charge in [0.1, 0.15) is 5.75 Å². The number of carbonyl (C=O) groups is 1. The molecule has 0 spiro atoms. The third-order valence-corrected chi connectivity index (χ3v) is 5.86. The van der Waals surface area contributed by atoms with E-state index in [0.717, 1.165) is 32.6 Å². The van der Waals surface area contributed by atoms with E-state index in [-0.39, 0.29) is 5.91 Å². The predicted octanol–water partition coefficient (Wildman–Crippen LogP) is 6.97. The number of ether oxygens (including phenoxy) is 1. The second-order valence-electron chi connectivity index (χ2n) is 7.09. The number of nitrogens with zero attached hydrogens (tertiary/aromatic N) is 1. The fraction of sp³-hybridized carbons (Fsp3) is 0.0741. The summed E-state index contributed by atoms with van der Waals surface area (Å²) in [5.74, 6) is 0.683. The normalized spacial score (nSPS) is 10.5. The Kier molecular flexibility index (Phi) is 6.48. The zero-order valence-electron chi connectivity index (χ0n) is 17.2. The van der Waals surface area contributed by atoms with Crippen molar-refractivity contribution in [2.75, 3.05) is 12.0 Å². The molecule has 0 saturated heterocycles. The summed E-state index contributed by atoms with van der Waals surface area (Å²) in [5.41, 5.74) is 4.74. The third-order valence-electron chi connectivity index (χ3n) is 5.16. The first-order chi connectivity index (χ1) is 15.2. The van der Waals surface area contributed by atoms with Crippen LogP contribution in [0, 0.1) is 0 Å². The molecule has 4 rings (SSSR count). The lowest BCUT2D eigenvalue weighted by atomic mass is 9.99. The van der Waals surface area contributed by atoms with Gasteiger partial charge in [0, 0.05) is 10.2 Å². The Balaban J connectivity index is 1.77. The van der Waals surface area contributed by atoms with E-state index in [1.165, 1.54) is 0 Å². The van der Waals surface area contributed by atoms with Crippen molar-refractivity contribution >= 4 is 27.5 Å². The number of rotatable bonds is 6. The Morgan fingerprint density at radius 2 is 1.45 bits per heavy atom. The number of amides is 1. The van der Waals surface area contributed by atoms with Crippen LogP contribution in [0.15, 0.2) is 108 Å². The molecule has 3 nitrogen and oxygen atoms in total. The van der Waals surface area contributed by atoms with E-state index >= 15 is 0 Å². The SMILES string of the molecule is COc1ccc(N(Cc2ccccc2-c2ccccc2)C(=O)c2ccccc2Br)cc1. The number of anilines is 1. The molecular formula is C27H22BrNO2. The molecule has 0 bridgehead atoms. The quantitative estimate of drug-likeness (QED) is 0.303. The molecule has 0 saturated carbocycles. The maximum atomic E-state index is 13.6. The molecule has 0 atom stereocenters. The highest BCUT2D eigenvalue weighted by Crippen LogP contribution is 2.29.